The molecule has 0 spiro atoms. The van der Waals surface area contributed by atoms with Gasteiger partial charge in [-0.15, -0.1) is 0 Å². The minimum Gasteiger partial charge on any atom is -0.393 e. The largest absolute Gasteiger partial charge is 0.393 e. The lowest BCUT2D eigenvalue weighted by molar-refractivity contribution is -0.131. The summed E-state index contributed by atoms with van der Waals surface area (Å²) in [5, 5.41) is 19.2. The van der Waals surface area contributed by atoms with Crippen molar-refractivity contribution < 1.29 is 15.0 Å². The summed E-state index contributed by atoms with van der Waals surface area (Å²) in [5.41, 5.74) is 5.06. The van der Waals surface area contributed by atoms with E-state index >= 15 is 0 Å². The summed E-state index contributed by atoms with van der Waals surface area (Å²) < 4.78 is 0. The van der Waals surface area contributed by atoms with Crippen LogP contribution in [0.3, 0.4) is 0 Å². The van der Waals surface area contributed by atoms with Gasteiger partial charge >= 0.3 is 0 Å². The van der Waals surface area contributed by atoms with Crippen molar-refractivity contribution in [3.8, 4) is 0 Å². The molecule has 5 nitrogen and oxygen atoms in total. The Morgan fingerprint density at radius 2 is 2.30 bits per heavy atom. The summed E-state index contributed by atoms with van der Waals surface area (Å²) >= 11 is 0. The molecule has 0 saturated heterocycles. The number of nitrogens with two attached hydrogens (primary N) is 1. The van der Waals surface area contributed by atoms with Crippen LogP contribution in [0.4, 0.5) is 0 Å². The molecule has 10 heavy (non-hydrogen) atoms. The normalized spacial score (nSPS) is 12.7. The number of aliphatic hydroxyl groups is 2. The predicted octanol–water partition coefficient (Wildman–Crippen LogP) is -2.59. The summed E-state index contributed by atoms with van der Waals surface area (Å²) in [6.07, 6.45) is -1.33. The summed E-state index contributed by atoms with van der Waals surface area (Å²) in [6, 6.07) is 0. The Morgan fingerprint density at radius 1 is 1.70 bits per heavy atom. The molecule has 0 aromatic rings. The second-order valence-electron chi connectivity index (χ2n) is 1.78. The van der Waals surface area contributed by atoms with Gasteiger partial charge in [-0.2, -0.15) is 0 Å². The van der Waals surface area contributed by atoms with Gasteiger partial charge in [0.2, 0.25) is 0 Å². The Kier molecular flexibility index (Phi) is 4.82. The summed E-state index contributed by atoms with van der Waals surface area (Å²) in [6.45, 7) is 0.0796. The van der Waals surface area contributed by atoms with Crippen LogP contribution in [0.15, 0.2) is 0 Å². The van der Waals surface area contributed by atoms with E-state index in [1.165, 1.54) is 0 Å². The van der Waals surface area contributed by atoms with Crippen LogP contribution < -0.4 is 11.1 Å². The van der Waals surface area contributed by atoms with Crippen LogP contribution >= 0.6 is 0 Å². The van der Waals surface area contributed by atoms with E-state index in [1.54, 1.807) is 0 Å². The second kappa shape index (κ2) is 5.16. The first-order chi connectivity index (χ1) is 4.72. The average Bonchev–Trinajstić information content (AvgIpc) is 1.98. The Bertz CT molecular complexity index is 107. The molecule has 5 N–H and O–H groups in total. The van der Waals surface area contributed by atoms with Crippen LogP contribution in [0.5, 0.6) is 0 Å². The van der Waals surface area contributed by atoms with Gasteiger partial charge in [0.25, 0.3) is 5.91 Å². The zero-order chi connectivity index (χ0) is 7.98. The first-order valence-corrected chi connectivity index (χ1v) is 2.99. The number of carbonyl (C=O) groups excluding carboxylic acids is 1. The fourth-order valence-electron chi connectivity index (χ4n) is 0.396. The first kappa shape index (κ1) is 9.35. The third-order valence-electron chi connectivity index (χ3n) is 0.919. The van der Waals surface area contributed by atoms with Crippen LogP contribution in [-0.2, 0) is 4.79 Å². The lowest BCUT2D eigenvalue weighted by Gasteiger charge is -2.06. The Hall–Kier alpha value is -0.650. The van der Waals surface area contributed by atoms with Crippen LogP contribution in [0.25, 0.3) is 0 Å². The van der Waals surface area contributed by atoms with Crippen LogP contribution in [0.1, 0.15) is 0 Å². The zero-order valence-electron chi connectivity index (χ0n) is 5.58. The second-order valence-corrected chi connectivity index (χ2v) is 1.78. The lowest BCUT2D eigenvalue weighted by atomic mass is 10.3. The predicted molar refractivity (Wildman–Crippen MR) is 35.2 cm³/mol. The maximum Gasteiger partial charge on any atom is 0.251 e. The third kappa shape index (κ3) is 3.39. The molecule has 0 rings (SSSR count). The molecule has 5 heteroatoms. The van der Waals surface area contributed by atoms with E-state index in [9.17, 15) is 4.79 Å². The van der Waals surface area contributed by atoms with Gasteiger partial charge in [0.15, 0.2) is 6.10 Å². The zero-order valence-corrected chi connectivity index (χ0v) is 5.58. The van der Waals surface area contributed by atoms with E-state index in [0.717, 1.165) is 0 Å². The fourth-order valence-corrected chi connectivity index (χ4v) is 0.396. The number of nitrogens with one attached hydrogen (secondary N) is 1. The van der Waals surface area contributed by atoms with Crippen molar-refractivity contribution in [1.29, 1.82) is 0 Å². The van der Waals surface area contributed by atoms with Gasteiger partial charge in [0, 0.05) is 13.1 Å². The maximum absolute atomic E-state index is 10.6. The van der Waals surface area contributed by atoms with Gasteiger partial charge in [-0.05, 0) is 0 Å². The standard InChI is InChI=1S/C5H12N2O3/c6-1-2-7-5(10)4(9)3-8/h4,8-9H,1-3,6H2,(H,7,10). The van der Waals surface area contributed by atoms with E-state index < -0.39 is 18.6 Å². The Labute approximate surface area is 58.8 Å². The number of aliphatic hydroxyl groups excluding tert-OH is 2. The summed E-state index contributed by atoms with van der Waals surface area (Å²) in [5.74, 6) is -0.590. The van der Waals surface area contributed by atoms with Gasteiger partial charge in [-0.25, -0.2) is 0 Å². The number of rotatable bonds is 4. The quantitative estimate of drug-likeness (QED) is 0.352. The van der Waals surface area contributed by atoms with E-state index in [-0.39, 0.29) is 0 Å². The molecule has 1 amide bonds. The molecule has 0 fully saturated rings. The number of amides is 1. The molecular weight excluding hydrogens is 136 g/mol. The molecule has 0 bridgehead atoms. The lowest BCUT2D eigenvalue weighted by Crippen LogP contribution is -2.39. The van der Waals surface area contributed by atoms with Gasteiger partial charge in [-0.3, -0.25) is 4.79 Å². The molecule has 0 saturated carbocycles. The average molecular weight is 148 g/mol. The highest BCUT2D eigenvalue weighted by Crippen LogP contribution is 1.78. The Balaban J connectivity index is 3.42. The minimum absolute atomic E-state index is 0.315. The molecule has 0 radical (unpaired) electrons. The van der Waals surface area contributed by atoms with E-state index in [2.05, 4.69) is 5.32 Å². The smallest absolute Gasteiger partial charge is 0.251 e. The van der Waals surface area contributed by atoms with Gasteiger partial charge in [-0.1, -0.05) is 0 Å². The summed E-state index contributed by atoms with van der Waals surface area (Å²) in [4.78, 5) is 10.6. The molecule has 0 aromatic carbocycles. The van der Waals surface area contributed by atoms with Gasteiger partial charge in [0.1, 0.15) is 0 Å². The molecule has 1 atom stereocenters. The molecule has 0 aromatic heterocycles. The van der Waals surface area contributed by atoms with Crippen LogP contribution in [0.2, 0.25) is 0 Å². The van der Waals surface area contributed by atoms with Crippen molar-refractivity contribution in [2.45, 2.75) is 6.10 Å². The topological polar surface area (TPSA) is 95.6 Å². The molecular formula is C5H12N2O3. The van der Waals surface area contributed by atoms with Gasteiger partial charge < -0.3 is 21.3 Å². The highest BCUT2D eigenvalue weighted by Gasteiger charge is 2.11. The Morgan fingerprint density at radius 3 is 2.70 bits per heavy atom. The van der Waals surface area contributed by atoms with Crippen molar-refractivity contribution in [3.63, 3.8) is 0 Å². The summed E-state index contributed by atoms with van der Waals surface area (Å²) in [7, 11) is 0. The van der Waals surface area contributed by atoms with Crippen molar-refractivity contribution in [1.82, 2.24) is 5.32 Å². The fraction of sp³-hybridized carbons (Fsp3) is 0.800. The number of hydrogen-bond acceptors (Lipinski definition) is 4. The molecule has 0 aliphatic rings. The van der Waals surface area contributed by atoms with Crippen molar-refractivity contribution in [2.75, 3.05) is 19.7 Å². The van der Waals surface area contributed by atoms with Crippen molar-refractivity contribution in [2.24, 2.45) is 5.73 Å². The SMILES string of the molecule is NCCNC(=O)C(O)CO. The number of hydrogen-bond donors (Lipinski definition) is 4. The molecule has 0 aliphatic carbocycles. The van der Waals surface area contributed by atoms with Gasteiger partial charge in [0.05, 0.1) is 6.61 Å². The highest BCUT2D eigenvalue weighted by molar-refractivity contribution is 5.80. The highest BCUT2D eigenvalue weighted by atomic mass is 16.3. The molecule has 1 unspecified atom stereocenters. The molecule has 60 valence electrons. The van der Waals surface area contributed by atoms with E-state index in [0.29, 0.717) is 13.1 Å². The van der Waals surface area contributed by atoms with Crippen molar-refractivity contribution in [3.05, 3.63) is 0 Å². The third-order valence-corrected chi connectivity index (χ3v) is 0.919. The van der Waals surface area contributed by atoms with Crippen LogP contribution in [-0.4, -0.2) is 41.9 Å². The minimum atomic E-state index is -1.33. The van der Waals surface area contributed by atoms with E-state index in [1.807, 2.05) is 0 Å². The molecule has 0 heterocycles. The monoisotopic (exact) mass is 148 g/mol. The maximum atomic E-state index is 10.6. The van der Waals surface area contributed by atoms with Crippen molar-refractivity contribution >= 4 is 5.91 Å². The van der Waals surface area contributed by atoms with Crippen LogP contribution in [0, 0.1) is 0 Å². The van der Waals surface area contributed by atoms with E-state index in [4.69, 9.17) is 15.9 Å². The molecule has 0 aliphatic heterocycles. The number of carbonyl (C=O) groups is 1. The first-order valence-electron chi connectivity index (χ1n) is 2.99.